The van der Waals surface area contributed by atoms with Crippen molar-refractivity contribution in [1.29, 1.82) is 10.7 Å². The fraction of sp³-hybridized carbons (Fsp3) is 0.400. The first-order valence-electron chi connectivity index (χ1n) is 6.29. The van der Waals surface area contributed by atoms with Crippen LogP contribution in [-0.2, 0) is 9.53 Å². The Kier molecular flexibility index (Phi) is 6.20. The molecule has 1 rings (SSSR count). The third-order valence-corrected chi connectivity index (χ3v) is 3.24. The Morgan fingerprint density at radius 2 is 2.25 bits per heavy atom. The number of aryl methyl sites for hydroxylation is 1. The van der Waals surface area contributed by atoms with Crippen LogP contribution in [0.3, 0.4) is 0 Å². The van der Waals surface area contributed by atoms with Crippen LogP contribution in [-0.4, -0.2) is 18.3 Å². The zero-order valence-electron chi connectivity index (χ0n) is 11.6. The minimum atomic E-state index is -0.434. The van der Waals surface area contributed by atoms with E-state index in [1.54, 1.807) is 13.0 Å². The molecule has 0 saturated heterocycles. The predicted molar refractivity (Wildman–Crippen MR) is 78.1 cm³/mol. The number of hydrogen-bond acceptors (Lipinski definition) is 4. The van der Waals surface area contributed by atoms with Gasteiger partial charge in [0, 0.05) is 17.2 Å². The van der Waals surface area contributed by atoms with Crippen molar-refractivity contribution in [3.63, 3.8) is 0 Å². The van der Waals surface area contributed by atoms with Gasteiger partial charge in [-0.2, -0.15) is 5.26 Å². The van der Waals surface area contributed by atoms with Crippen molar-refractivity contribution in [3.05, 3.63) is 34.3 Å². The topological polar surface area (TPSA) is 73.9 Å². The minimum absolute atomic E-state index is 0.00637. The molecular weight excluding hydrogens is 276 g/mol. The van der Waals surface area contributed by atoms with E-state index in [-0.39, 0.29) is 24.7 Å². The maximum Gasteiger partial charge on any atom is 0.311 e. The zero-order chi connectivity index (χ0) is 15.1. The molecule has 1 aromatic carbocycles. The van der Waals surface area contributed by atoms with E-state index in [0.29, 0.717) is 11.4 Å². The molecule has 106 valence electrons. The molecule has 0 fully saturated rings. The lowest BCUT2D eigenvalue weighted by Gasteiger charge is -2.11. The van der Waals surface area contributed by atoms with Gasteiger partial charge in [-0.05, 0) is 31.0 Å². The largest absolute Gasteiger partial charge is 0.465 e. The smallest absolute Gasteiger partial charge is 0.311 e. The van der Waals surface area contributed by atoms with Crippen molar-refractivity contribution in [3.8, 4) is 6.07 Å². The molecule has 0 radical (unpaired) electrons. The summed E-state index contributed by atoms with van der Waals surface area (Å²) >= 11 is 6.04. The molecular formula is C15H17ClN2O2. The Labute approximate surface area is 123 Å². The maximum atomic E-state index is 11.3. The normalized spacial score (nSPS) is 11.5. The number of halogens is 1. The van der Waals surface area contributed by atoms with Gasteiger partial charge < -0.3 is 10.1 Å². The third kappa shape index (κ3) is 5.02. The van der Waals surface area contributed by atoms with Gasteiger partial charge in [-0.3, -0.25) is 4.79 Å². The number of carbonyl (C=O) groups is 1. The maximum absolute atomic E-state index is 11.3. The highest BCUT2D eigenvalue weighted by molar-refractivity contribution is 6.31. The van der Waals surface area contributed by atoms with Crippen LogP contribution in [0.5, 0.6) is 0 Å². The highest BCUT2D eigenvalue weighted by atomic mass is 35.5. The molecule has 1 N–H and O–H groups in total. The van der Waals surface area contributed by atoms with Crippen LogP contribution in [0.25, 0.3) is 0 Å². The number of rotatable bonds is 6. The van der Waals surface area contributed by atoms with E-state index in [0.717, 1.165) is 11.1 Å². The van der Waals surface area contributed by atoms with Crippen LogP contribution in [0.1, 0.15) is 36.8 Å². The number of benzene rings is 1. The predicted octanol–water partition coefficient (Wildman–Crippen LogP) is 3.62. The van der Waals surface area contributed by atoms with Crippen LogP contribution >= 0.6 is 11.6 Å². The second kappa shape index (κ2) is 7.66. The summed E-state index contributed by atoms with van der Waals surface area (Å²) in [5, 5.41) is 17.0. The fourth-order valence-electron chi connectivity index (χ4n) is 1.69. The molecule has 0 aromatic heterocycles. The van der Waals surface area contributed by atoms with Gasteiger partial charge in [-0.1, -0.05) is 23.7 Å². The monoisotopic (exact) mass is 292 g/mol. The number of nitrogens with zero attached hydrogens (tertiary/aromatic N) is 1. The van der Waals surface area contributed by atoms with Crippen molar-refractivity contribution in [2.45, 2.75) is 32.6 Å². The van der Waals surface area contributed by atoms with E-state index in [1.807, 2.05) is 19.1 Å². The van der Waals surface area contributed by atoms with Gasteiger partial charge >= 0.3 is 5.97 Å². The number of esters is 1. The molecule has 0 amide bonds. The van der Waals surface area contributed by atoms with Crippen molar-refractivity contribution in [1.82, 2.24) is 0 Å². The first-order chi connectivity index (χ1) is 9.43. The van der Waals surface area contributed by atoms with Gasteiger partial charge in [0.2, 0.25) is 0 Å². The van der Waals surface area contributed by atoms with E-state index in [2.05, 4.69) is 6.07 Å². The summed E-state index contributed by atoms with van der Waals surface area (Å²) in [6, 6.07) is 7.69. The summed E-state index contributed by atoms with van der Waals surface area (Å²) in [5.41, 5.74) is 2.04. The number of hydrogen-bond donors (Lipinski definition) is 1. The highest BCUT2D eigenvalue weighted by Crippen LogP contribution is 2.24. The Bertz CT molecular complexity index is 549. The van der Waals surface area contributed by atoms with E-state index in [4.69, 9.17) is 21.7 Å². The molecule has 1 atom stereocenters. The Morgan fingerprint density at radius 3 is 2.80 bits per heavy atom. The molecule has 0 aliphatic heterocycles. The Hall–Kier alpha value is -1.86. The summed E-state index contributed by atoms with van der Waals surface area (Å²) in [4.78, 5) is 11.3. The van der Waals surface area contributed by atoms with Crippen LogP contribution in [0.2, 0.25) is 5.02 Å². The zero-order valence-corrected chi connectivity index (χ0v) is 12.3. The van der Waals surface area contributed by atoms with Crippen molar-refractivity contribution < 1.29 is 9.53 Å². The summed E-state index contributed by atoms with van der Waals surface area (Å²) in [5.74, 6) is -0.793. The molecule has 4 nitrogen and oxygen atoms in total. The van der Waals surface area contributed by atoms with Crippen molar-refractivity contribution in [2.24, 2.45) is 0 Å². The molecule has 0 heterocycles. The third-order valence-electron chi connectivity index (χ3n) is 2.83. The Balaban J connectivity index is 2.56. The summed E-state index contributed by atoms with van der Waals surface area (Å²) in [6.45, 7) is 3.61. The lowest BCUT2D eigenvalue weighted by Crippen LogP contribution is -2.11. The fourth-order valence-corrected chi connectivity index (χ4v) is 1.88. The van der Waals surface area contributed by atoms with Gasteiger partial charge in [-0.25, -0.2) is 0 Å². The molecule has 20 heavy (non-hydrogen) atoms. The van der Waals surface area contributed by atoms with E-state index in [1.165, 1.54) is 0 Å². The van der Waals surface area contributed by atoms with Crippen LogP contribution in [0, 0.1) is 23.7 Å². The average molecular weight is 293 g/mol. The molecule has 0 aliphatic rings. The minimum Gasteiger partial charge on any atom is -0.465 e. The average Bonchev–Trinajstić information content (AvgIpc) is 2.37. The lowest BCUT2D eigenvalue weighted by molar-refractivity contribution is -0.142. The molecule has 0 saturated carbocycles. The summed E-state index contributed by atoms with van der Waals surface area (Å²) in [6.07, 6.45) is 0.409. The Morgan fingerprint density at radius 1 is 1.55 bits per heavy atom. The number of ether oxygens (including phenoxy) is 1. The lowest BCUT2D eigenvalue weighted by atomic mass is 9.97. The molecule has 0 bridgehead atoms. The van der Waals surface area contributed by atoms with Gasteiger partial charge in [0.1, 0.15) is 0 Å². The highest BCUT2D eigenvalue weighted by Gasteiger charge is 2.13. The van der Waals surface area contributed by atoms with E-state index in [9.17, 15) is 10.1 Å². The number of nitriles is 1. The van der Waals surface area contributed by atoms with Gasteiger partial charge in [0.15, 0.2) is 0 Å². The SMILES string of the molecule is CC(=N)CC(=O)OCCC(C#N)c1ccc(C)c(Cl)c1. The number of nitrogens with one attached hydrogen (secondary N) is 1. The molecule has 0 aliphatic carbocycles. The van der Waals surface area contributed by atoms with Crippen LogP contribution < -0.4 is 0 Å². The van der Waals surface area contributed by atoms with Gasteiger partial charge in [0.25, 0.3) is 0 Å². The van der Waals surface area contributed by atoms with Crippen molar-refractivity contribution >= 4 is 23.3 Å². The standard InChI is InChI=1S/C15H17ClN2O2/c1-10-3-4-12(8-14(10)16)13(9-17)5-6-20-15(19)7-11(2)18/h3-4,8,13,18H,5-7H2,1-2H3. The van der Waals surface area contributed by atoms with E-state index < -0.39 is 5.97 Å². The molecule has 1 unspecified atom stereocenters. The van der Waals surface area contributed by atoms with Gasteiger partial charge in [-0.15, -0.1) is 0 Å². The summed E-state index contributed by atoms with van der Waals surface area (Å²) < 4.78 is 5.00. The quantitative estimate of drug-likeness (QED) is 0.643. The summed E-state index contributed by atoms with van der Waals surface area (Å²) in [7, 11) is 0. The first kappa shape index (κ1) is 16.2. The van der Waals surface area contributed by atoms with Gasteiger partial charge in [0.05, 0.1) is 25.0 Å². The van der Waals surface area contributed by atoms with Crippen LogP contribution in [0.4, 0.5) is 0 Å². The number of carbonyl (C=O) groups excluding carboxylic acids is 1. The second-order valence-corrected chi connectivity index (χ2v) is 5.06. The first-order valence-corrected chi connectivity index (χ1v) is 6.67. The molecule has 5 heteroatoms. The van der Waals surface area contributed by atoms with E-state index >= 15 is 0 Å². The second-order valence-electron chi connectivity index (χ2n) is 4.66. The van der Waals surface area contributed by atoms with Crippen molar-refractivity contribution in [2.75, 3.05) is 6.61 Å². The molecule has 1 aromatic rings. The van der Waals surface area contributed by atoms with Crippen LogP contribution in [0.15, 0.2) is 18.2 Å². The molecule has 0 spiro atoms.